The van der Waals surface area contributed by atoms with Crippen LogP contribution in [0.25, 0.3) is 0 Å². The van der Waals surface area contributed by atoms with Crippen LogP contribution in [0.2, 0.25) is 0 Å². The molecule has 1 aliphatic heterocycles. The number of carbonyl (C=O) groups excluding carboxylic acids is 1. The second kappa shape index (κ2) is 2.73. The molecule has 1 heterocycles. The fourth-order valence-corrected chi connectivity index (χ4v) is 1.10. The summed E-state index contributed by atoms with van der Waals surface area (Å²) in [5.41, 5.74) is 5.11. The van der Waals surface area contributed by atoms with Crippen molar-refractivity contribution in [3.8, 4) is 0 Å². The minimum Gasteiger partial charge on any atom is -0.351 e. The van der Waals surface area contributed by atoms with E-state index in [1.54, 1.807) is 4.90 Å². The Hall–Kier alpha value is -0.990. The summed E-state index contributed by atoms with van der Waals surface area (Å²) in [6.07, 6.45) is 4.96. The van der Waals surface area contributed by atoms with Gasteiger partial charge < -0.3 is 10.6 Å². The molecule has 0 aliphatic carbocycles. The maximum atomic E-state index is 10.7. The minimum absolute atomic E-state index is 0.266. The third-order valence-electron chi connectivity index (χ3n) is 1.76. The van der Waals surface area contributed by atoms with E-state index in [2.05, 4.69) is 6.08 Å². The average molecular weight is 140 g/mol. The Kier molecular flexibility index (Phi) is 1.94. The van der Waals surface area contributed by atoms with Crippen molar-refractivity contribution in [1.29, 1.82) is 0 Å². The number of nitrogens with zero attached hydrogens (tertiary/aromatic N) is 1. The lowest BCUT2D eigenvalue weighted by Crippen LogP contribution is -2.43. The summed E-state index contributed by atoms with van der Waals surface area (Å²) in [6, 6.07) is -0.0562. The van der Waals surface area contributed by atoms with Gasteiger partial charge in [-0.05, 0) is 13.3 Å². The quantitative estimate of drug-likeness (QED) is 0.495. The van der Waals surface area contributed by atoms with Gasteiger partial charge in [-0.1, -0.05) is 12.2 Å². The lowest BCUT2D eigenvalue weighted by Gasteiger charge is -2.28. The van der Waals surface area contributed by atoms with Crippen molar-refractivity contribution < 1.29 is 4.79 Å². The van der Waals surface area contributed by atoms with E-state index in [-0.39, 0.29) is 12.1 Å². The largest absolute Gasteiger partial charge is 0.351 e. The molecule has 0 radical (unpaired) electrons. The van der Waals surface area contributed by atoms with Crippen molar-refractivity contribution in [2.24, 2.45) is 5.73 Å². The summed E-state index contributed by atoms with van der Waals surface area (Å²) in [5.74, 6) is 0. The fraction of sp³-hybridized carbons (Fsp3) is 0.571. The van der Waals surface area contributed by atoms with Crippen molar-refractivity contribution in [3.05, 3.63) is 12.2 Å². The molecular weight excluding hydrogens is 128 g/mol. The third-order valence-corrected chi connectivity index (χ3v) is 1.76. The first-order valence-corrected chi connectivity index (χ1v) is 3.43. The highest BCUT2D eigenvalue weighted by Gasteiger charge is 2.16. The van der Waals surface area contributed by atoms with Gasteiger partial charge in [0.25, 0.3) is 0 Å². The van der Waals surface area contributed by atoms with Crippen LogP contribution in [0.15, 0.2) is 12.2 Å². The third kappa shape index (κ3) is 1.29. The van der Waals surface area contributed by atoms with Gasteiger partial charge in [0.05, 0.1) is 0 Å². The van der Waals surface area contributed by atoms with Crippen LogP contribution in [-0.2, 0) is 0 Å². The molecule has 2 N–H and O–H groups in total. The Morgan fingerprint density at radius 2 is 2.40 bits per heavy atom. The molecule has 2 amide bonds. The molecule has 10 heavy (non-hydrogen) atoms. The zero-order valence-electron chi connectivity index (χ0n) is 6.08. The topological polar surface area (TPSA) is 46.3 Å². The first-order valence-electron chi connectivity index (χ1n) is 3.43. The molecule has 0 saturated carbocycles. The summed E-state index contributed by atoms with van der Waals surface area (Å²) in [5, 5.41) is 0. The van der Waals surface area contributed by atoms with Gasteiger partial charge in [0, 0.05) is 12.6 Å². The lowest BCUT2D eigenvalue weighted by atomic mass is 10.1. The Labute approximate surface area is 60.5 Å². The molecule has 0 aromatic carbocycles. The SMILES string of the molecule is CC1CC=CCN1C(N)=O. The van der Waals surface area contributed by atoms with Crippen molar-refractivity contribution >= 4 is 6.03 Å². The maximum absolute atomic E-state index is 10.7. The Balaban J connectivity index is 2.59. The predicted molar refractivity (Wildman–Crippen MR) is 39.5 cm³/mol. The summed E-state index contributed by atoms with van der Waals surface area (Å²) >= 11 is 0. The van der Waals surface area contributed by atoms with Gasteiger partial charge in [0.2, 0.25) is 0 Å². The number of hydrogen-bond donors (Lipinski definition) is 1. The smallest absolute Gasteiger partial charge is 0.315 e. The van der Waals surface area contributed by atoms with E-state index in [9.17, 15) is 4.79 Å². The molecule has 1 atom stereocenters. The second-order valence-electron chi connectivity index (χ2n) is 2.55. The van der Waals surface area contributed by atoms with Crippen LogP contribution in [0.4, 0.5) is 4.79 Å². The van der Waals surface area contributed by atoms with Crippen LogP contribution in [0.3, 0.4) is 0 Å². The molecule has 1 unspecified atom stereocenters. The highest BCUT2D eigenvalue weighted by molar-refractivity contribution is 5.72. The molecule has 0 spiro atoms. The average Bonchev–Trinajstić information content (AvgIpc) is 1.88. The van der Waals surface area contributed by atoms with Crippen molar-refractivity contribution in [3.63, 3.8) is 0 Å². The molecule has 0 fully saturated rings. The van der Waals surface area contributed by atoms with Crippen LogP contribution in [0.1, 0.15) is 13.3 Å². The first kappa shape index (κ1) is 7.12. The number of primary amides is 1. The van der Waals surface area contributed by atoms with Gasteiger partial charge in [0.15, 0.2) is 0 Å². The second-order valence-corrected chi connectivity index (χ2v) is 2.55. The number of amides is 2. The Morgan fingerprint density at radius 3 is 2.80 bits per heavy atom. The van der Waals surface area contributed by atoms with Crippen LogP contribution in [0.5, 0.6) is 0 Å². The van der Waals surface area contributed by atoms with E-state index < -0.39 is 0 Å². The highest BCUT2D eigenvalue weighted by Crippen LogP contribution is 2.08. The summed E-state index contributed by atoms with van der Waals surface area (Å²) in [4.78, 5) is 12.3. The molecular formula is C7H12N2O. The highest BCUT2D eigenvalue weighted by atomic mass is 16.2. The number of hydrogen-bond acceptors (Lipinski definition) is 1. The Morgan fingerprint density at radius 1 is 1.70 bits per heavy atom. The standard InChI is InChI=1S/C7H12N2O/c1-6-4-2-3-5-9(6)7(8)10/h2-3,6H,4-5H2,1H3,(H2,8,10). The lowest BCUT2D eigenvalue weighted by molar-refractivity contribution is 0.193. The molecule has 3 nitrogen and oxygen atoms in total. The molecule has 1 aliphatic rings. The molecule has 56 valence electrons. The number of nitrogens with two attached hydrogens (primary N) is 1. The summed E-state index contributed by atoms with van der Waals surface area (Å²) in [6.45, 7) is 2.66. The minimum atomic E-state index is -0.322. The molecule has 0 saturated heterocycles. The van der Waals surface area contributed by atoms with Crippen LogP contribution in [-0.4, -0.2) is 23.5 Å². The van der Waals surface area contributed by atoms with Gasteiger partial charge in [-0.3, -0.25) is 0 Å². The normalized spacial score (nSPS) is 24.9. The predicted octanol–water partition coefficient (Wildman–Crippen LogP) is 0.716. The molecule has 0 aromatic heterocycles. The first-order chi connectivity index (χ1) is 4.72. The number of urea groups is 1. The molecule has 3 heteroatoms. The summed E-state index contributed by atoms with van der Waals surface area (Å²) < 4.78 is 0. The molecule has 1 rings (SSSR count). The van der Waals surface area contributed by atoms with E-state index >= 15 is 0 Å². The van der Waals surface area contributed by atoms with Crippen LogP contribution >= 0.6 is 0 Å². The van der Waals surface area contributed by atoms with E-state index in [0.29, 0.717) is 6.54 Å². The molecule has 0 aromatic rings. The maximum Gasteiger partial charge on any atom is 0.315 e. The van der Waals surface area contributed by atoms with Crippen molar-refractivity contribution in [2.45, 2.75) is 19.4 Å². The van der Waals surface area contributed by atoms with Gasteiger partial charge in [-0.25, -0.2) is 4.79 Å². The monoisotopic (exact) mass is 140 g/mol. The molecule has 0 bridgehead atoms. The van der Waals surface area contributed by atoms with Crippen molar-refractivity contribution in [1.82, 2.24) is 4.90 Å². The van der Waals surface area contributed by atoms with Gasteiger partial charge in [-0.15, -0.1) is 0 Å². The van der Waals surface area contributed by atoms with Gasteiger partial charge in [-0.2, -0.15) is 0 Å². The zero-order valence-corrected chi connectivity index (χ0v) is 6.08. The van der Waals surface area contributed by atoms with Gasteiger partial charge >= 0.3 is 6.03 Å². The van der Waals surface area contributed by atoms with Gasteiger partial charge in [0.1, 0.15) is 0 Å². The van der Waals surface area contributed by atoms with Crippen LogP contribution in [0, 0.1) is 0 Å². The Bertz CT molecular complexity index is 165. The van der Waals surface area contributed by atoms with E-state index in [0.717, 1.165) is 6.42 Å². The van der Waals surface area contributed by atoms with Crippen molar-refractivity contribution in [2.75, 3.05) is 6.54 Å². The fourth-order valence-electron chi connectivity index (χ4n) is 1.10. The van der Waals surface area contributed by atoms with Crippen LogP contribution < -0.4 is 5.73 Å². The number of carbonyl (C=O) groups is 1. The van der Waals surface area contributed by atoms with E-state index in [1.807, 2.05) is 13.0 Å². The van der Waals surface area contributed by atoms with E-state index in [1.165, 1.54) is 0 Å². The summed E-state index contributed by atoms with van der Waals surface area (Å²) in [7, 11) is 0. The zero-order chi connectivity index (χ0) is 7.56. The van der Waals surface area contributed by atoms with E-state index in [4.69, 9.17) is 5.73 Å². The number of rotatable bonds is 0.